The fourth-order valence-corrected chi connectivity index (χ4v) is 2.45. The lowest BCUT2D eigenvalue weighted by Gasteiger charge is -2.17. The highest BCUT2D eigenvalue weighted by atomic mass is 16.5. The van der Waals surface area contributed by atoms with Gasteiger partial charge in [-0.3, -0.25) is 4.98 Å². The van der Waals surface area contributed by atoms with Gasteiger partial charge >= 0.3 is 0 Å². The average Bonchev–Trinajstić information content (AvgIpc) is 2.84. The molecule has 18 heavy (non-hydrogen) atoms. The van der Waals surface area contributed by atoms with Crippen LogP contribution < -0.4 is 15.2 Å². The molecule has 0 amide bonds. The molecule has 0 spiro atoms. The molecule has 1 fully saturated rings. The van der Waals surface area contributed by atoms with Crippen LogP contribution in [0.2, 0.25) is 0 Å². The molecule has 1 saturated carbocycles. The van der Waals surface area contributed by atoms with Gasteiger partial charge in [0.1, 0.15) is 0 Å². The SMILES string of the molecule is CCOc1cncc(OCC2CCCC2CN)n1. The normalized spacial score (nSPS) is 23.0. The summed E-state index contributed by atoms with van der Waals surface area (Å²) < 4.78 is 11.0. The summed E-state index contributed by atoms with van der Waals surface area (Å²) in [6.45, 7) is 3.92. The van der Waals surface area contributed by atoms with Crippen molar-refractivity contribution in [3.8, 4) is 11.8 Å². The Morgan fingerprint density at radius 3 is 2.67 bits per heavy atom. The van der Waals surface area contributed by atoms with Gasteiger partial charge in [-0.25, -0.2) is 0 Å². The van der Waals surface area contributed by atoms with Crippen molar-refractivity contribution in [3.05, 3.63) is 12.4 Å². The number of aromatic nitrogens is 2. The first kappa shape index (κ1) is 13.1. The molecule has 0 bridgehead atoms. The Balaban J connectivity index is 1.87. The van der Waals surface area contributed by atoms with Crippen LogP contribution in [-0.2, 0) is 0 Å². The van der Waals surface area contributed by atoms with Gasteiger partial charge in [0.2, 0.25) is 11.8 Å². The summed E-state index contributed by atoms with van der Waals surface area (Å²) >= 11 is 0. The van der Waals surface area contributed by atoms with Gasteiger partial charge in [-0.15, -0.1) is 0 Å². The van der Waals surface area contributed by atoms with E-state index in [0.29, 0.717) is 36.8 Å². The van der Waals surface area contributed by atoms with Crippen LogP contribution in [0.5, 0.6) is 11.8 Å². The van der Waals surface area contributed by atoms with Gasteiger partial charge in [-0.1, -0.05) is 6.42 Å². The zero-order valence-electron chi connectivity index (χ0n) is 10.8. The predicted octanol–water partition coefficient (Wildman–Crippen LogP) is 1.63. The summed E-state index contributed by atoms with van der Waals surface area (Å²) in [6.07, 6.45) is 6.87. The molecule has 2 N–H and O–H groups in total. The quantitative estimate of drug-likeness (QED) is 0.832. The van der Waals surface area contributed by atoms with E-state index < -0.39 is 0 Å². The molecule has 0 aliphatic heterocycles. The first-order chi connectivity index (χ1) is 8.83. The van der Waals surface area contributed by atoms with Crippen molar-refractivity contribution in [2.24, 2.45) is 17.6 Å². The highest BCUT2D eigenvalue weighted by Crippen LogP contribution is 2.31. The van der Waals surface area contributed by atoms with Gasteiger partial charge in [0.25, 0.3) is 0 Å². The standard InChI is InChI=1S/C13H21N3O2/c1-2-17-12-7-15-8-13(16-12)18-9-11-5-3-4-10(11)6-14/h7-8,10-11H,2-6,9,14H2,1H3. The van der Waals surface area contributed by atoms with Crippen LogP contribution in [-0.4, -0.2) is 29.7 Å². The smallest absolute Gasteiger partial charge is 0.235 e. The summed E-state index contributed by atoms with van der Waals surface area (Å²) in [5.41, 5.74) is 5.75. The summed E-state index contributed by atoms with van der Waals surface area (Å²) in [5.74, 6) is 2.18. The summed E-state index contributed by atoms with van der Waals surface area (Å²) in [4.78, 5) is 8.29. The fourth-order valence-electron chi connectivity index (χ4n) is 2.45. The van der Waals surface area contributed by atoms with Crippen molar-refractivity contribution >= 4 is 0 Å². The van der Waals surface area contributed by atoms with E-state index >= 15 is 0 Å². The Bertz CT molecular complexity index is 373. The molecule has 1 heterocycles. The molecule has 0 radical (unpaired) electrons. The number of rotatable bonds is 6. The third kappa shape index (κ3) is 3.32. The highest BCUT2D eigenvalue weighted by molar-refractivity contribution is 5.12. The number of hydrogen-bond donors (Lipinski definition) is 1. The number of nitrogens with zero attached hydrogens (tertiary/aromatic N) is 2. The van der Waals surface area contributed by atoms with E-state index in [1.54, 1.807) is 12.4 Å². The largest absolute Gasteiger partial charge is 0.477 e. The number of ether oxygens (including phenoxy) is 2. The van der Waals surface area contributed by atoms with E-state index in [1.165, 1.54) is 19.3 Å². The van der Waals surface area contributed by atoms with Crippen molar-refractivity contribution in [2.45, 2.75) is 26.2 Å². The van der Waals surface area contributed by atoms with Crippen LogP contribution in [0.1, 0.15) is 26.2 Å². The number of hydrogen-bond acceptors (Lipinski definition) is 5. The van der Waals surface area contributed by atoms with Gasteiger partial charge in [-0.2, -0.15) is 4.98 Å². The second-order valence-corrected chi connectivity index (χ2v) is 4.63. The van der Waals surface area contributed by atoms with Crippen molar-refractivity contribution < 1.29 is 9.47 Å². The monoisotopic (exact) mass is 251 g/mol. The Labute approximate surface area is 108 Å². The van der Waals surface area contributed by atoms with E-state index in [1.807, 2.05) is 6.92 Å². The predicted molar refractivity (Wildman–Crippen MR) is 68.6 cm³/mol. The molecule has 5 nitrogen and oxygen atoms in total. The average molecular weight is 251 g/mol. The molecule has 0 saturated heterocycles. The van der Waals surface area contributed by atoms with Gasteiger partial charge in [0.15, 0.2) is 0 Å². The zero-order valence-corrected chi connectivity index (χ0v) is 10.8. The van der Waals surface area contributed by atoms with Gasteiger partial charge in [-0.05, 0) is 38.1 Å². The molecule has 2 rings (SSSR count). The molecule has 2 unspecified atom stereocenters. The molecular formula is C13H21N3O2. The van der Waals surface area contributed by atoms with E-state index in [2.05, 4.69) is 9.97 Å². The molecular weight excluding hydrogens is 230 g/mol. The van der Waals surface area contributed by atoms with Crippen LogP contribution in [0, 0.1) is 11.8 Å². The Hall–Kier alpha value is -1.36. The van der Waals surface area contributed by atoms with E-state index in [-0.39, 0.29) is 0 Å². The number of nitrogens with two attached hydrogens (primary N) is 1. The first-order valence-corrected chi connectivity index (χ1v) is 6.61. The maximum atomic E-state index is 5.75. The van der Waals surface area contributed by atoms with Gasteiger partial charge < -0.3 is 15.2 Å². The van der Waals surface area contributed by atoms with E-state index in [9.17, 15) is 0 Å². The van der Waals surface area contributed by atoms with Crippen molar-refractivity contribution in [2.75, 3.05) is 19.8 Å². The van der Waals surface area contributed by atoms with Crippen molar-refractivity contribution in [1.29, 1.82) is 0 Å². The maximum Gasteiger partial charge on any atom is 0.235 e. The second-order valence-electron chi connectivity index (χ2n) is 4.63. The summed E-state index contributed by atoms with van der Waals surface area (Å²) in [7, 11) is 0. The minimum Gasteiger partial charge on any atom is -0.477 e. The van der Waals surface area contributed by atoms with Crippen molar-refractivity contribution in [3.63, 3.8) is 0 Å². The molecule has 1 aromatic rings. The minimum atomic E-state index is 0.511. The van der Waals surface area contributed by atoms with Crippen LogP contribution >= 0.6 is 0 Å². The summed E-state index contributed by atoms with van der Waals surface area (Å²) in [5, 5.41) is 0. The third-order valence-electron chi connectivity index (χ3n) is 3.45. The minimum absolute atomic E-state index is 0.511. The van der Waals surface area contributed by atoms with Gasteiger partial charge in [0.05, 0.1) is 25.6 Å². The van der Waals surface area contributed by atoms with Crippen LogP contribution in [0.15, 0.2) is 12.4 Å². The Morgan fingerprint density at radius 2 is 1.94 bits per heavy atom. The molecule has 1 aliphatic rings. The van der Waals surface area contributed by atoms with E-state index in [4.69, 9.17) is 15.2 Å². The lowest BCUT2D eigenvalue weighted by atomic mass is 9.97. The lowest BCUT2D eigenvalue weighted by molar-refractivity contribution is 0.206. The highest BCUT2D eigenvalue weighted by Gasteiger charge is 2.26. The summed E-state index contributed by atoms with van der Waals surface area (Å²) in [6, 6.07) is 0. The van der Waals surface area contributed by atoms with Crippen LogP contribution in [0.3, 0.4) is 0 Å². The molecule has 2 atom stereocenters. The van der Waals surface area contributed by atoms with E-state index in [0.717, 1.165) is 6.54 Å². The molecule has 1 aromatic heterocycles. The van der Waals surface area contributed by atoms with Crippen LogP contribution in [0.25, 0.3) is 0 Å². The molecule has 100 valence electrons. The van der Waals surface area contributed by atoms with Crippen LogP contribution in [0.4, 0.5) is 0 Å². The maximum absolute atomic E-state index is 5.75. The first-order valence-electron chi connectivity index (χ1n) is 6.61. The zero-order chi connectivity index (χ0) is 12.8. The fraction of sp³-hybridized carbons (Fsp3) is 0.692. The Kier molecular flexibility index (Phi) is 4.75. The van der Waals surface area contributed by atoms with Crippen molar-refractivity contribution in [1.82, 2.24) is 9.97 Å². The van der Waals surface area contributed by atoms with Gasteiger partial charge in [0, 0.05) is 0 Å². The molecule has 5 heteroatoms. The second kappa shape index (κ2) is 6.54. The third-order valence-corrected chi connectivity index (χ3v) is 3.45. The lowest BCUT2D eigenvalue weighted by Crippen LogP contribution is -2.23. The Morgan fingerprint density at radius 1 is 1.22 bits per heavy atom. The molecule has 1 aliphatic carbocycles. The molecule has 0 aromatic carbocycles. The topological polar surface area (TPSA) is 70.3 Å².